The topological polar surface area (TPSA) is 60.5 Å². The van der Waals surface area contributed by atoms with E-state index in [1.807, 2.05) is 0 Å². The van der Waals surface area contributed by atoms with E-state index in [1.54, 1.807) is 25.3 Å². The Morgan fingerprint density at radius 2 is 2.09 bits per heavy atom. The first kappa shape index (κ1) is 17.1. The molecule has 0 radical (unpaired) electrons. The average molecular weight is 387 g/mol. The highest BCUT2D eigenvalue weighted by Gasteiger charge is 2.15. The van der Waals surface area contributed by atoms with Crippen molar-refractivity contribution in [3.63, 3.8) is 0 Å². The number of hydrogen-bond acceptors (Lipinski definition) is 4. The average Bonchev–Trinajstić information content (AvgIpc) is 2.51. The summed E-state index contributed by atoms with van der Waals surface area (Å²) in [7, 11) is 0. The van der Waals surface area contributed by atoms with Gasteiger partial charge in [0.1, 0.15) is 5.82 Å². The lowest BCUT2D eigenvalue weighted by Gasteiger charge is -2.12. The third kappa shape index (κ3) is 4.88. The number of amides is 1. The van der Waals surface area contributed by atoms with Crippen molar-refractivity contribution in [1.82, 2.24) is 4.98 Å². The third-order valence-corrected chi connectivity index (χ3v) is 3.16. The van der Waals surface area contributed by atoms with Crippen LogP contribution in [0.4, 0.5) is 14.6 Å². The molecule has 0 spiro atoms. The molecule has 2 rings (SSSR count). The molecule has 1 amide bonds. The molecule has 8 heteroatoms. The standard InChI is InChI=1S/C15H13BrF2N2O3/c1-2-22-12-7-9(3-5-11(12)23-15(17)18)14(21)20-13-6-4-10(16)8-19-13/h3-8,15H,2H2,1H3,(H,19,20,21). The summed E-state index contributed by atoms with van der Waals surface area (Å²) in [5.74, 6) is -0.127. The SMILES string of the molecule is CCOc1cc(C(=O)Nc2ccc(Br)cn2)ccc1OC(F)F. The zero-order valence-corrected chi connectivity index (χ0v) is 13.6. The van der Waals surface area contributed by atoms with E-state index in [4.69, 9.17) is 4.74 Å². The first-order valence-electron chi connectivity index (χ1n) is 6.64. The number of nitrogens with one attached hydrogen (secondary N) is 1. The molecule has 0 aliphatic carbocycles. The molecule has 0 atom stereocenters. The molecule has 2 aromatic rings. The zero-order chi connectivity index (χ0) is 16.8. The van der Waals surface area contributed by atoms with Crippen LogP contribution >= 0.6 is 15.9 Å². The van der Waals surface area contributed by atoms with Crippen molar-refractivity contribution >= 4 is 27.7 Å². The molecule has 0 aliphatic rings. The Bertz CT molecular complexity index is 681. The number of anilines is 1. The predicted molar refractivity (Wildman–Crippen MR) is 84.1 cm³/mol. The van der Waals surface area contributed by atoms with E-state index < -0.39 is 12.5 Å². The Balaban J connectivity index is 2.19. The van der Waals surface area contributed by atoms with Crippen LogP contribution in [-0.4, -0.2) is 24.1 Å². The maximum atomic E-state index is 12.4. The lowest BCUT2D eigenvalue weighted by atomic mass is 10.2. The van der Waals surface area contributed by atoms with Crippen molar-refractivity contribution in [2.24, 2.45) is 0 Å². The van der Waals surface area contributed by atoms with E-state index in [0.717, 1.165) is 4.47 Å². The van der Waals surface area contributed by atoms with Gasteiger partial charge in [0, 0.05) is 16.2 Å². The molecule has 0 saturated heterocycles. The summed E-state index contributed by atoms with van der Waals surface area (Å²) < 4.78 is 35.1. The number of hydrogen-bond donors (Lipinski definition) is 1. The molecule has 0 fully saturated rings. The van der Waals surface area contributed by atoms with Gasteiger partial charge in [-0.2, -0.15) is 8.78 Å². The second-order valence-corrected chi connectivity index (χ2v) is 5.20. The maximum absolute atomic E-state index is 12.4. The summed E-state index contributed by atoms with van der Waals surface area (Å²) in [5, 5.41) is 2.60. The summed E-state index contributed by atoms with van der Waals surface area (Å²) in [5.41, 5.74) is 0.236. The van der Waals surface area contributed by atoms with Crippen LogP contribution in [0.25, 0.3) is 0 Å². The van der Waals surface area contributed by atoms with Crippen LogP contribution in [0.1, 0.15) is 17.3 Å². The van der Waals surface area contributed by atoms with E-state index in [1.165, 1.54) is 18.2 Å². The summed E-state index contributed by atoms with van der Waals surface area (Å²) in [4.78, 5) is 16.2. The van der Waals surface area contributed by atoms with Crippen LogP contribution in [0.15, 0.2) is 41.0 Å². The molecule has 0 bridgehead atoms. The van der Waals surface area contributed by atoms with Gasteiger partial charge < -0.3 is 14.8 Å². The van der Waals surface area contributed by atoms with Gasteiger partial charge in [0.2, 0.25) is 0 Å². The van der Waals surface area contributed by atoms with Crippen molar-refractivity contribution in [2.75, 3.05) is 11.9 Å². The normalized spacial score (nSPS) is 10.5. The lowest BCUT2D eigenvalue weighted by molar-refractivity contribution is -0.0514. The molecular formula is C15H13BrF2N2O3. The Morgan fingerprint density at radius 1 is 1.30 bits per heavy atom. The monoisotopic (exact) mass is 386 g/mol. The molecule has 0 saturated carbocycles. The number of carbonyl (C=O) groups is 1. The number of rotatable bonds is 6. The van der Waals surface area contributed by atoms with Crippen LogP contribution in [0.5, 0.6) is 11.5 Å². The fraction of sp³-hybridized carbons (Fsp3) is 0.200. The van der Waals surface area contributed by atoms with E-state index in [-0.39, 0.29) is 23.7 Å². The molecule has 0 aliphatic heterocycles. The number of aromatic nitrogens is 1. The van der Waals surface area contributed by atoms with E-state index in [0.29, 0.717) is 5.82 Å². The van der Waals surface area contributed by atoms with Gasteiger partial charge in [0.15, 0.2) is 11.5 Å². The number of benzene rings is 1. The van der Waals surface area contributed by atoms with Gasteiger partial charge in [-0.1, -0.05) is 0 Å². The quantitative estimate of drug-likeness (QED) is 0.811. The number of halogens is 3. The molecule has 23 heavy (non-hydrogen) atoms. The maximum Gasteiger partial charge on any atom is 0.387 e. The minimum Gasteiger partial charge on any atom is -0.490 e. The highest BCUT2D eigenvalue weighted by Crippen LogP contribution is 2.30. The van der Waals surface area contributed by atoms with Gasteiger partial charge in [-0.15, -0.1) is 0 Å². The van der Waals surface area contributed by atoms with Gasteiger partial charge >= 0.3 is 6.61 Å². The van der Waals surface area contributed by atoms with Crippen LogP contribution in [0.2, 0.25) is 0 Å². The molecule has 1 aromatic heterocycles. The van der Waals surface area contributed by atoms with Gasteiger partial charge in [0.05, 0.1) is 6.61 Å². The van der Waals surface area contributed by atoms with Crippen molar-refractivity contribution in [3.8, 4) is 11.5 Å². The molecule has 1 N–H and O–H groups in total. The second kappa shape index (κ2) is 7.87. The largest absolute Gasteiger partial charge is 0.490 e. The van der Waals surface area contributed by atoms with Crippen molar-refractivity contribution in [3.05, 3.63) is 46.6 Å². The summed E-state index contributed by atoms with van der Waals surface area (Å²) in [6.07, 6.45) is 1.54. The number of carbonyl (C=O) groups excluding carboxylic acids is 1. The smallest absolute Gasteiger partial charge is 0.387 e. The number of pyridine rings is 1. The molecule has 1 heterocycles. The Labute approximate surface area is 139 Å². The third-order valence-electron chi connectivity index (χ3n) is 2.69. The van der Waals surface area contributed by atoms with Crippen LogP contribution in [0, 0.1) is 0 Å². The Hall–Kier alpha value is -2.22. The van der Waals surface area contributed by atoms with Crippen LogP contribution in [-0.2, 0) is 0 Å². The number of alkyl halides is 2. The summed E-state index contributed by atoms with van der Waals surface area (Å²) >= 11 is 3.24. The lowest BCUT2D eigenvalue weighted by Crippen LogP contribution is -2.13. The van der Waals surface area contributed by atoms with E-state index >= 15 is 0 Å². The first-order chi connectivity index (χ1) is 11.0. The minimum absolute atomic E-state index is 0.0733. The number of nitrogens with zero attached hydrogens (tertiary/aromatic N) is 1. The Morgan fingerprint density at radius 3 is 2.70 bits per heavy atom. The van der Waals surface area contributed by atoms with Gasteiger partial charge in [0.25, 0.3) is 5.91 Å². The fourth-order valence-electron chi connectivity index (χ4n) is 1.75. The van der Waals surface area contributed by atoms with Crippen molar-refractivity contribution < 1.29 is 23.0 Å². The fourth-order valence-corrected chi connectivity index (χ4v) is 1.98. The number of ether oxygens (including phenoxy) is 2. The van der Waals surface area contributed by atoms with Gasteiger partial charge in [-0.05, 0) is 53.2 Å². The van der Waals surface area contributed by atoms with E-state index in [2.05, 4.69) is 31.0 Å². The molecule has 122 valence electrons. The predicted octanol–water partition coefficient (Wildman–Crippen LogP) is 4.10. The second-order valence-electron chi connectivity index (χ2n) is 4.29. The van der Waals surface area contributed by atoms with Crippen LogP contribution in [0.3, 0.4) is 0 Å². The van der Waals surface area contributed by atoms with Crippen LogP contribution < -0.4 is 14.8 Å². The molecular weight excluding hydrogens is 374 g/mol. The Kier molecular flexibility index (Phi) is 5.86. The molecule has 0 unspecified atom stereocenters. The van der Waals surface area contributed by atoms with Crippen molar-refractivity contribution in [2.45, 2.75) is 13.5 Å². The van der Waals surface area contributed by atoms with Gasteiger partial charge in [-0.3, -0.25) is 4.79 Å². The zero-order valence-electron chi connectivity index (χ0n) is 12.1. The van der Waals surface area contributed by atoms with Crippen molar-refractivity contribution in [1.29, 1.82) is 0 Å². The molecule has 5 nitrogen and oxygen atoms in total. The first-order valence-corrected chi connectivity index (χ1v) is 7.43. The highest BCUT2D eigenvalue weighted by molar-refractivity contribution is 9.10. The molecule has 1 aromatic carbocycles. The van der Waals surface area contributed by atoms with E-state index in [9.17, 15) is 13.6 Å². The minimum atomic E-state index is -2.97. The summed E-state index contributed by atoms with van der Waals surface area (Å²) in [6.45, 7) is -1.02. The highest BCUT2D eigenvalue weighted by atomic mass is 79.9. The summed E-state index contributed by atoms with van der Waals surface area (Å²) in [6, 6.07) is 7.33. The van der Waals surface area contributed by atoms with Gasteiger partial charge in [-0.25, -0.2) is 4.98 Å².